The lowest BCUT2D eigenvalue weighted by molar-refractivity contribution is -0.939. The van der Waals surface area contributed by atoms with Crippen molar-refractivity contribution < 1.29 is 44.8 Å². The Morgan fingerprint density at radius 1 is 0.788 bits per heavy atom. The second-order valence-corrected chi connectivity index (χ2v) is 16.9. The van der Waals surface area contributed by atoms with Crippen molar-refractivity contribution in [2.45, 2.75) is 79.1 Å². The zero-order chi connectivity index (χ0) is 37.0. The number of quaternary nitrogens is 1. The molecule has 0 spiro atoms. The van der Waals surface area contributed by atoms with Gasteiger partial charge in [-0.05, 0) is 30.5 Å². The van der Waals surface area contributed by atoms with Gasteiger partial charge < -0.3 is 18.3 Å². The van der Waals surface area contributed by atoms with Crippen molar-refractivity contribution in [3.8, 4) is 0 Å². The van der Waals surface area contributed by atoms with Gasteiger partial charge in [0, 0.05) is 48.1 Å². The molecule has 3 aromatic carbocycles. The Bertz CT molecular complexity index is 2040. The molecule has 3 aliphatic heterocycles. The second-order valence-electron chi connectivity index (χ2n) is 14.2. The zero-order valence-corrected chi connectivity index (χ0v) is 30.4. The summed E-state index contributed by atoms with van der Waals surface area (Å²) in [6, 6.07) is 17.4. The minimum absolute atomic E-state index is 0.0385. The van der Waals surface area contributed by atoms with Crippen LogP contribution >= 0.6 is 0 Å². The van der Waals surface area contributed by atoms with Crippen LogP contribution in [0.2, 0.25) is 0 Å². The standard InChI is InChI=1S/C28H36N3O3.C10H8O6S2/c32-25(18-24-19-29-14-15-30-24)20-31-16-10-22(11-17-31)26(21-31)34-27(33)28(12-6-1-2-7-13-28)23-8-4-3-5-9-23;11-17(12,13)9-5-1-3-7-8(9)4-2-6-10(7)18(14,15)16/h3-5,8-9,14-15,19,22,26H,1-2,6-7,10-13,16-18,20-21H2;1-6H,(H,11,12,13)(H,14,15,16)/q+1;/p-2/t22?,26-,31?;/m0./s1. The SMILES string of the molecule is O=C(Cc1cnccn1)C[N+]12CCC(CC1)[C@@H](OC(=O)C1(c3ccccc3)CCCCCC1)C2.O=S(=O)([O-])c1cccc2c(S(=O)(=O)[O-])cccc12. The highest BCUT2D eigenvalue weighted by atomic mass is 32.2. The van der Waals surface area contributed by atoms with Crippen LogP contribution in [0.15, 0.2) is 95.1 Å². The van der Waals surface area contributed by atoms with Crippen molar-refractivity contribution in [1.29, 1.82) is 0 Å². The molecule has 0 N–H and O–H groups in total. The lowest BCUT2D eigenvalue weighted by Crippen LogP contribution is -2.66. The van der Waals surface area contributed by atoms with E-state index in [1.165, 1.54) is 37.1 Å². The van der Waals surface area contributed by atoms with Crippen LogP contribution in [0.25, 0.3) is 10.8 Å². The maximum absolute atomic E-state index is 13.9. The van der Waals surface area contributed by atoms with Crippen LogP contribution in [0.1, 0.15) is 62.6 Å². The second kappa shape index (κ2) is 15.5. The number of piperidine rings is 3. The normalized spacial score (nSPS) is 22.8. The summed E-state index contributed by atoms with van der Waals surface area (Å²) in [5, 5.41) is -0.158. The average Bonchev–Trinajstić information content (AvgIpc) is 3.39. The third-order valence-electron chi connectivity index (χ3n) is 10.9. The number of nitrogens with zero attached hydrogens (tertiary/aromatic N) is 3. The summed E-state index contributed by atoms with van der Waals surface area (Å²) in [7, 11) is -9.48. The molecule has 1 aliphatic carbocycles. The summed E-state index contributed by atoms with van der Waals surface area (Å²) >= 11 is 0. The number of Topliss-reactive ketones (excluding diaryl/α,β-unsaturated/α-hetero) is 1. The van der Waals surface area contributed by atoms with Gasteiger partial charge in [0.25, 0.3) is 0 Å². The number of ketones is 1. The summed E-state index contributed by atoms with van der Waals surface area (Å²) in [4.78, 5) is 34.0. The van der Waals surface area contributed by atoms with E-state index >= 15 is 0 Å². The summed E-state index contributed by atoms with van der Waals surface area (Å²) in [5.41, 5.74) is 1.29. The van der Waals surface area contributed by atoms with E-state index in [4.69, 9.17) is 4.74 Å². The van der Waals surface area contributed by atoms with Gasteiger partial charge in [-0.3, -0.25) is 19.6 Å². The molecule has 12 nitrogen and oxygen atoms in total. The molecule has 4 heterocycles. The quantitative estimate of drug-likeness (QED) is 0.100. The number of ether oxygens (including phenoxy) is 1. The molecule has 0 amide bonds. The molecule has 4 aromatic rings. The lowest BCUT2D eigenvalue weighted by Gasteiger charge is -2.52. The molecule has 4 aliphatic rings. The minimum Gasteiger partial charge on any atom is -0.744 e. The average molecular weight is 749 g/mol. The molecular formula is C38H42N3O9S2-. The maximum atomic E-state index is 13.9. The molecule has 3 saturated heterocycles. The number of carbonyl (C=O) groups excluding carboxylic acids is 2. The van der Waals surface area contributed by atoms with Crippen LogP contribution in [0, 0.1) is 5.92 Å². The fraction of sp³-hybridized carbons (Fsp3) is 0.421. The fourth-order valence-corrected chi connectivity index (χ4v) is 9.65. The number of aromatic nitrogens is 2. The van der Waals surface area contributed by atoms with Gasteiger partial charge in [-0.1, -0.05) is 80.3 Å². The Morgan fingerprint density at radius 2 is 1.38 bits per heavy atom. The highest BCUT2D eigenvalue weighted by molar-refractivity contribution is 7.86. The van der Waals surface area contributed by atoms with Gasteiger partial charge in [0.05, 0.1) is 40.4 Å². The third kappa shape index (κ3) is 8.42. The Labute approximate surface area is 304 Å². The molecule has 1 atom stereocenters. The first-order chi connectivity index (χ1) is 24.8. The van der Waals surface area contributed by atoms with Gasteiger partial charge in [0.2, 0.25) is 0 Å². The van der Waals surface area contributed by atoms with E-state index < -0.39 is 35.4 Å². The number of fused-ring (bicyclic) bond motifs is 4. The summed E-state index contributed by atoms with van der Waals surface area (Å²) in [6.07, 6.45) is 13.4. The smallest absolute Gasteiger partial charge is 0.317 e. The molecule has 4 fully saturated rings. The van der Waals surface area contributed by atoms with Crippen LogP contribution in [-0.4, -0.2) is 84.4 Å². The topological polar surface area (TPSA) is 184 Å². The molecule has 0 unspecified atom stereocenters. The summed E-state index contributed by atoms with van der Waals surface area (Å²) < 4.78 is 73.3. The molecule has 8 rings (SSSR count). The van der Waals surface area contributed by atoms with Crippen molar-refractivity contribution in [2.75, 3.05) is 26.2 Å². The first-order valence-corrected chi connectivity index (χ1v) is 20.4. The Hall–Kier alpha value is -4.08. The Balaban J connectivity index is 0.000000217. The van der Waals surface area contributed by atoms with E-state index in [-0.39, 0.29) is 28.6 Å². The van der Waals surface area contributed by atoms with Crippen molar-refractivity contribution in [1.82, 2.24) is 9.97 Å². The minimum atomic E-state index is -4.74. The van der Waals surface area contributed by atoms with E-state index in [9.17, 15) is 35.5 Å². The van der Waals surface area contributed by atoms with Crippen molar-refractivity contribution in [3.63, 3.8) is 0 Å². The maximum Gasteiger partial charge on any atom is 0.317 e. The molecule has 276 valence electrons. The predicted octanol–water partition coefficient (Wildman–Crippen LogP) is 4.68. The summed E-state index contributed by atoms with van der Waals surface area (Å²) in [6.45, 7) is 3.23. The molecule has 0 radical (unpaired) electrons. The number of esters is 1. The fourth-order valence-electron chi connectivity index (χ4n) is 8.27. The van der Waals surface area contributed by atoms with Crippen LogP contribution in [0.3, 0.4) is 0 Å². The van der Waals surface area contributed by atoms with Crippen LogP contribution in [0.5, 0.6) is 0 Å². The van der Waals surface area contributed by atoms with Gasteiger partial charge >= 0.3 is 5.97 Å². The van der Waals surface area contributed by atoms with Crippen LogP contribution < -0.4 is 0 Å². The predicted molar refractivity (Wildman–Crippen MR) is 189 cm³/mol. The van der Waals surface area contributed by atoms with E-state index in [1.54, 1.807) is 18.6 Å². The first kappa shape index (κ1) is 37.7. The Morgan fingerprint density at radius 3 is 1.92 bits per heavy atom. The highest BCUT2D eigenvalue weighted by Crippen LogP contribution is 2.42. The van der Waals surface area contributed by atoms with Crippen molar-refractivity contribution >= 4 is 42.8 Å². The summed E-state index contributed by atoms with van der Waals surface area (Å²) in [5.74, 6) is 0.566. The van der Waals surface area contributed by atoms with Gasteiger partial charge in [0.1, 0.15) is 33.3 Å². The zero-order valence-electron chi connectivity index (χ0n) is 28.8. The Kier molecular flexibility index (Phi) is 11.2. The van der Waals surface area contributed by atoms with Gasteiger partial charge in [0.15, 0.2) is 11.9 Å². The molecule has 2 bridgehead atoms. The van der Waals surface area contributed by atoms with Gasteiger partial charge in [-0.15, -0.1) is 0 Å². The molecule has 1 aromatic heterocycles. The lowest BCUT2D eigenvalue weighted by atomic mass is 9.74. The molecule has 14 heteroatoms. The first-order valence-electron chi connectivity index (χ1n) is 17.6. The highest BCUT2D eigenvalue weighted by Gasteiger charge is 2.51. The number of hydrogen-bond acceptors (Lipinski definition) is 11. The van der Waals surface area contributed by atoms with E-state index in [1.807, 2.05) is 18.2 Å². The van der Waals surface area contributed by atoms with E-state index in [0.717, 1.165) is 86.0 Å². The number of carbonyl (C=O) groups is 2. The number of benzene rings is 3. The molecule has 1 saturated carbocycles. The molecular weight excluding hydrogens is 707 g/mol. The van der Waals surface area contributed by atoms with E-state index in [2.05, 4.69) is 22.1 Å². The molecule has 52 heavy (non-hydrogen) atoms. The monoisotopic (exact) mass is 748 g/mol. The van der Waals surface area contributed by atoms with Crippen molar-refractivity contribution in [2.24, 2.45) is 5.92 Å². The van der Waals surface area contributed by atoms with Crippen molar-refractivity contribution in [3.05, 3.63) is 96.6 Å². The number of rotatable bonds is 9. The van der Waals surface area contributed by atoms with Crippen LogP contribution in [-0.2, 0) is 46.4 Å². The largest absolute Gasteiger partial charge is 0.744 e. The van der Waals surface area contributed by atoms with Gasteiger partial charge in [-0.2, -0.15) is 0 Å². The third-order valence-corrected chi connectivity index (χ3v) is 12.7. The van der Waals surface area contributed by atoms with E-state index in [0.29, 0.717) is 18.9 Å². The van der Waals surface area contributed by atoms with Gasteiger partial charge in [-0.25, -0.2) is 16.8 Å². The number of hydrogen-bond donors (Lipinski definition) is 0. The van der Waals surface area contributed by atoms with Crippen LogP contribution in [0.4, 0.5) is 0 Å².